The molecule has 0 atom stereocenters. The van der Waals surface area contributed by atoms with E-state index in [1.165, 1.54) is 0 Å². The molecule has 0 aromatic rings. The molecule has 11 N–H and O–H groups in total. The first-order valence-electron chi connectivity index (χ1n) is 5.92. The van der Waals surface area contributed by atoms with Gasteiger partial charge < -0.3 is 37.2 Å². The van der Waals surface area contributed by atoms with Gasteiger partial charge in [0.1, 0.15) is 0 Å². The summed E-state index contributed by atoms with van der Waals surface area (Å²) in [5.74, 6) is 0. The molecule has 0 aliphatic carbocycles. The molecule has 20 heavy (non-hydrogen) atoms. The van der Waals surface area contributed by atoms with E-state index in [2.05, 4.69) is 19.2 Å². The van der Waals surface area contributed by atoms with Crippen molar-refractivity contribution in [2.24, 2.45) is 0 Å². The SMILES string of the molecule is CCNCC.N.N.O=P(O)(O)CCCCCP(=O)(O)O. The molecule has 0 aliphatic heterocycles. The fourth-order valence-electron chi connectivity index (χ4n) is 1.06. The van der Waals surface area contributed by atoms with Gasteiger partial charge in [-0.2, -0.15) is 0 Å². The lowest BCUT2D eigenvalue weighted by Gasteiger charge is -2.04. The highest BCUT2D eigenvalue weighted by molar-refractivity contribution is 7.52. The maximum absolute atomic E-state index is 10.3. The van der Waals surface area contributed by atoms with Crippen LogP contribution in [0.5, 0.6) is 0 Å². The Kier molecular flexibility index (Phi) is 22.1. The quantitative estimate of drug-likeness (QED) is 0.252. The van der Waals surface area contributed by atoms with E-state index >= 15 is 0 Å². The monoisotopic (exact) mass is 339 g/mol. The van der Waals surface area contributed by atoms with Crippen molar-refractivity contribution >= 4 is 15.2 Å². The molecule has 0 aliphatic rings. The Morgan fingerprint density at radius 3 is 1.20 bits per heavy atom. The highest BCUT2D eigenvalue weighted by Crippen LogP contribution is 2.37. The van der Waals surface area contributed by atoms with Crippen molar-refractivity contribution in [3.63, 3.8) is 0 Å². The lowest BCUT2D eigenvalue weighted by atomic mass is 10.3. The largest absolute Gasteiger partial charge is 0.344 e. The van der Waals surface area contributed by atoms with Crippen LogP contribution in [0.2, 0.25) is 0 Å². The molecule has 0 aromatic heterocycles. The van der Waals surface area contributed by atoms with E-state index in [1.807, 2.05) is 0 Å². The summed E-state index contributed by atoms with van der Waals surface area (Å²) in [6.07, 6.45) is 0.590. The molecule has 9 nitrogen and oxygen atoms in total. The minimum Gasteiger partial charge on any atom is -0.344 e. The van der Waals surface area contributed by atoms with Gasteiger partial charge in [-0.25, -0.2) is 0 Å². The standard InChI is InChI=1S/C5H14O6P2.C4H11N.2H3N/c6-12(7,8)4-2-1-3-5-13(9,10)11;1-3-5-4-2;;/h1-5H2,(H2,6,7,8)(H2,9,10,11);5H,3-4H2,1-2H3;2*1H3. The first kappa shape index (κ1) is 28.4. The normalized spacial score (nSPS) is 10.7. The Balaban J connectivity index is -0.000000158. The summed E-state index contributed by atoms with van der Waals surface area (Å²) in [5, 5.41) is 3.11. The number of hydrogen-bond donors (Lipinski definition) is 7. The molecular formula is C9H31N3O6P2. The van der Waals surface area contributed by atoms with Crippen molar-refractivity contribution < 1.29 is 28.7 Å². The average Bonchev–Trinajstić information content (AvgIpc) is 2.15. The number of rotatable bonds is 8. The van der Waals surface area contributed by atoms with Crippen LogP contribution in [0.25, 0.3) is 0 Å². The molecule has 0 heterocycles. The van der Waals surface area contributed by atoms with Gasteiger partial charge in [0, 0.05) is 12.3 Å². The van der Waals surface area contributed by atoms with E-state index < -0.39 is 15.2 Å². The first-order valence-corrected chi connectivity index (χ1v) is 9.51. The van der Waals surface area contributed by atoms with Crippen LogP contribution in [0, 0.1) is 0 Å². The third-order valence-corrected chi connectivity index (χ3v) is 3.70. The van der Waals surface area contributed by atoms with Crippen LogP contribution in [-0.4, -0.2) is 45.0 Å². The fraction of sp³-hybridized carbons (Fsp3) is 1.00. The lowest BCUT2D eigenvalue weighted by molar-refractivity contribution is 0.369. The molecule has 0 saturated heterocycles. The molecule has 0 unspecified atom stereocenters. The zero-order valence-electron chi connectivity index (χ0n) is 12.4. The summed E-state index contributed by atoms with van der Waals surface area (Å²) >= 11 is 0. The molecule has 0 radical (unpaired) electrons. The van der Waals surface area contributed by atoms with E-state index in [9.17, 15) is 9.13 Å². The zero-order valence-corrected chi connectivity index (χ0v) is 14.2. The molecule has 0 spiro atoms. The topological polar surface area (TPSA) is 197 Å². The Morgan fingerprint density at radius 2 is 1.05 bits per heavy atom. The molecular weight excluding hydrogens is 308 g/mol. The number of hydrogen-bond acceptors (Lipinski definition) is 5. The maximum Gasteiger partial charge on any atom is 0.325 e. The zero-order chi connectivity index (χ0) is 14.7. The second kappa shape index (κ2) is 15.6. The van der Waals surface area contributed by atoms with Crippen molar-refractivity contribution in [1.29, 1.82) is 0 Å². The first-order chi connectivity index (χ1) is 8.12. The maximum atomic E-state index is 10.3. The summed E-state index contributed by atoms with van der Waals surface area (Å²) in [7, 11) is -7.88. The number of nitrogens with one attached hydrogen (secondary N) is 1. The van der Waals surface area contributed by atoms with Gasteiger partial charge in [-0.05, 0) is 25.9 Å². The summed E-state index contributed by atoms with van der Waals surface area (Å²) in [6.45, 7) is 6.39. The van der Waals surface area contributed by atoms with Crippen molar-refractivity contribution in [2.45, 2.75) is 33.1 Å². The lowest BCUT2D eigenvalue weighted by Crippen LogP contribution is -2.09. The van der Waals surface area contributed by atoms with Gasteiger partial charge in [0.15, 0.2) is 0 Å². The van der Waals surface area contributed by atoms with Gasteiger partial charge in [0.05, 0.1) is 0 Å². The predicted molar refractivity (Wildman–Crippen MR) is 81.9 cm³/mol. The summed E-state index contributed by atoms with van der Waals surface area (Å²) in [6, 6.07) is 0. The van der Waals surface area contributed by atoms with Gasteiger partial charge in [0.25, 0.3) is 0 Å². The van der Waals surface area contributed by atoms with E-state index in [0.717, 1.165) is 13.1 Å². The van der Waals surface area contributed by atoms with Crippen LogP contribution in [0.15, 0.2) is 0 Å². The number of unbranched alkanes of at least 4 members (excludes halogenated alkanes) is 2. The Morgan fingerprint density at radius 1 is 0.750 bits per heavy atom. The molecule has 0 aromatic carbocycles. The minimum atomic E-state index is -3.94. The van der Waals surface area contributed by atoms with Gasteiger partial charge in [-0.1, -0.05) is 20.3 Å². The fourth-order valence-corrected chi connectivity index (χ4v) is 2.33. The molecule has 0 rings (SSSR count). The third-order valence-electron chi connectivity index (χ3n) is 1.90. The highest BCUT2D eigenvalue weighted by atomic mass is 31.2. The molecule has 0 amide bonds. The summed E-state index contributed by atoms with van der Waals surface area (Å²) in [4.78, 5) is 33.7. The second-order valence-corrected chi connectivity index (χ2v) is 7.35. The van der Waals surface area contributed by atoms with Gasteiger partial charge in [0.2, 0.25) is 0 Å². The molecule has 0 fully saturated rings. The third kappa shape index (κ3) is 36.2. The smallest absolute Gasteiger partial charge is 0.325 e. The van der Waals surface area contributed by atoms with Crippen molar-refractivity contribution in [3.05, 3.63) is 0 Å². The Hall–Kier alpha value is 0.180. The average molecular weight is 339 g/mol. The molecule has 0 saturated carbocycles. The minimum absolute atomic E-state index is 0. The van der Waals surface area contributed by atoms with Crippen LogP contribution in [0.4, 0.5) is 0 Å². The van der Waals surface area contributed by atoms with Gasteiger partial charge in [-0.15, -0.1) is 0 Å². The van der Waals surface area contributed by atoms with E-state index in [1.54, 1.807) is 0 Å². The van der Waals surface area contributed by atoms with Crippen LogP contribution in [0.3, 0.4) is 0 Å². The summed E-state index contributed by atoms with van der Waals surface area (Å²) < 4.78 is 20.7. The van der Waals surface area contributed by atoms with Crippen molar-refractivity contribution in [2.75, 3.05) is 25.4 Å². The molecule has 11 heteroatoms. The van der Waals surface area contributed by atoms with E-state index in [-0.39, 0.29) is 24.6 Å². The van der Waals surface area contributed by atoms with Crippen LogP contribution in [0.1, 0.15) is 33.1 Å². The van der Waals surface area contributed by atoms with Crippen LogP contribution in [-0.2, 0) is 9.13 Å². The van der Waals surface area contributed by atoms with Gasteiger partial charge >= 0.3 is 15.2 Å². The van der Waals surface area contributed by atoms with E-state index in [0.29, 0.717) is 19.3 Å². The summed E-state index contributed by atoms with van der Waals surface area (Å²) in [5.41, 5.74) is 0. The Bertz CT molecular complexity index is 255. The molecule has 0 bridgehead atoms. The van der Waals surface area contributed by atoms with Crippen LogP contribution < -0.4 is 17.6 Å². The predicted octanol–water partition coefficient (Wildman–Crippen LogP) is 1.45. The molecule has 128 valence electrons. The second-order valence-electron chi connectivity index (χ2n) is 3.79. The van der Waals surface area contributed by atoms with Gasteiger partial charge in [-0.3, -0.25) is 9.13 Å². The van der Waals surface area contributed by atoms with Crippen molar-refractivity contribution in [3.8, 4) is 0 Å². The van der Waals surface area contributed by atoms with Crippen molar-refractivity contribution in [1.82, 2.24) is 17.6 Å². The Labute approximate surface area is 121 Å². The highest BCUT2D eigenvalue weighted by Gasteiger charge is 2.14. The van der Waals surface area contributed by atoms with Crippen LogP contribution >= 0.6 is 15.2 Å². The van der Waals surface area contributed by atoms with E-state index in [4.69, 9.17) is 19.6 Å².